The Balaban J connectivity index is 1.69. The van der Waals surface area contributed by atoms with Crippen LogP contribution in [0.1, 0.15) is 36.2 Å². The molecule has 0 aliphatic carbocycles. The number of nitrogens with one attached hydrogen (secondary N) is 3. The number of nitrogens with zero attached hydrogens (tertiary/aromatic N) is 3. The Morgan fingerprint density at radius 2 is 1.76 bits per heavy atom. The van der Waals surface area contributed by atoms with Crippen LogP contribution in [0.3, 0.4) is 0 Å². The van der Waals surface area contributed by atoms with E-state index >= 15 is 0 Å². The Labute approximate surface area is 244 Å². The number of aromatic nitrogens is 3. The molecule has 2 heterocycles. The summed E-state index contributed by atoms with van der Waals surface area (Å²) < 4.78 is 48.7. The normalized spacial score (nSPS) is 11.6. The van der Waals surface area contributed by atoms with E-state index in [2.05, 4.69) is 46.8 Å². The van der Waals surface area contributed by atoms with Gasteiger partial charge in [0.05, 0.1) is 12.2 Å². The smallest absolute Gasteiger partial charge is 0.422 e. The number of benzene rings is 1. The monoisotopic (exact) mass is 639 g/mol. The van der Waals surface area contributed by atoms with Crippen molar-refractivity contribution in [3.63, 3.8) is 0 Å². The van der Waals surface area contributed by atoms with E-state index < -0.39 is 18.8 Å². The van der Waals surface area contributed by atoms with Crippen LogP contribution in [-0.2, 0) is 6.54 Å². The fourth-order valence-electron chi connectivity index (χ4n) is 3.16. The zero-order valence-corrected chi connectivity index (χ0v) is 24.3. The number of amides is 1. The van der Waals surface area contributed by atoms with Gasteiger partial charge in [-0.05, 0) is 48.2 Å². The van der Waals surface area contributed by atoms with E-state index in [1.165, 1.54) is 12.3 Å². The number of nitrogens with two attached hydrogens (primary N) is 1. The largest absolute Gasteiger partial charge is 0.494 e. The Kier molecular flexibility index (Phi) is 11.5. The summed E-state index contributed by atoms with van der Waals surface area (Å²) in [5, 5.41) is 9.65. The van der Waals surface area contributed by atoms with Gasteiger partial charge in [-0.15, -0.1) is 0 Å². The van der Waals surface area contributed by atoms with Crippen LogP contribution in [-0.4, -0.2) is 58.7 Å². The number of pyridine rings is 1. The second kappa shape index (κ2) is 14.8. The lowest BCUT2D eigenvalue weighted by Crippen LogP contribution is -2.38. The molecule has 3 aromatic rings. The second-order valence-corrected chi connectivity index (χ2v) is 10.6. The van der Waals surface area contributed by atoms with Gasteiger partial charge in [0.25, 0.3) is 5.91 Å². The highest BCUT2D eigenvalue weighted by atomic mass is 79.9. The van der Waals surface area contributed by atoms with Gasteiger partial charge in [0, 0.05) is 30.7 Å². The molecule has 0 fully saturated rings. The lowest BCUT2D eigenvalue weighted by atomic mass is 9.94. The summed E-state index contributed by atoms with van der Waals surface area (Å²) in [6, 6.07) is 11.6. The summed E-state index contributed by atoms with van der Waals surface area (Å²) in [5.74, 6) is 1.12. The maximum Gasteiger partial charge on any atom is 0.422 e. The van der Waals surface area contributed by atoms with E-state index in [9.17, 15) is 18.0 Å². The molecule has 1 amide bonds. The van der Waals surface area contributed by atoms with Crippen LogP contribution in [0.15, 0.2) is 48.7 Å². The number of hydrogen-bond acceptors (Lipinski definition) is 9. The Bertz CT molecular complexity index is 1260. The molecule has 0 unspecified atom stereocenters. The standard InChI is InChI=1S/C27H33BrF3N7O3/c1-26(2,15-32)16-35-24(39)19-6-9-21(34-14-19)36-23-12-22(37-25(38-23)41-17-27(29,30)31)33-13-18-4-7-20(8-5-18)40-11-3-10-28/h4-9,12,14H,3,10-11,13,15-17,32H2,1-2H3,(H,35,39)(H2,33,34,36,37,38). The number of hydrogen-bond donors (Lipinski definition) is 4. The molecule has 41 heavy (non-hydrogen) atoms. The van der Waals surface area contributed by atoms with Crippen LogP contribution in [0.25, 0.3) is 0 Å². The van der Waals surface area contributed by atoms with Gasteiger partial charge in [-0.25, -0.2) is 4.98 Å². The van der Waals surface area contributed by atoms with Gasteiger partial charge in [0.2, 0.25) is 0 Å². The van der Waals surface area contributed by atoms with Crippen LogP contribution < -0.4 is 31.2 Å². The third-order valence-corrected chi connectivity index (χ3v) is 6.14. The second-order valence-electron chi connectivity index (χ2n) is 9.82. The van der Waals surface area contributed by atoms with Crippen molar-refractivity contribution in [3.8, 4) is 11.8 Å². The SMILES string of the molecule is CC(C)(CN)CNC(=O)c1ccc(Nc2cc(NCc3ccc(OCCCBr)cc3)nc(OCC(F)(F)F)n2)nc1. The molecule has 1 aromatic carbocycles. The van der Waals surface area contributed by atoms with Crippen LogP contribution in [0.4, 0.5) is 30.6 Å². The molecule has 0 bridgehead atoms. The maximum atomic E-state index is 12.8. The lowest BCUT2D eigenvalue weighted by Gasteiger charge is -2.22. The molecule has 3 rings (SSSR count). The molecule has 0 atom stereocenters. The van der Waals surface area contributed by atoms with Gasteiger partial charge in [0.15, 0.2) is 6.61 Å². The molecule has 0 aliphatic rings. The van der Waals surface area contributed by atoms with E-state index in [0.29, 0.717) is 37.6 Å². The van der Waals surface area contributed by atoms with E-state index in [-0.39, 0.29) is 23.0 Å². The van der Waals surface area contributed by atoms with Crippen molar-refractivity contribution in [2.75, 3.05) is 42.3 Å². The molecule has 2 aromatic heterocycles. The molecule has 5 N–H and O–H groups in total. The number of rotatable bonds is 15. The number of halogens is 4. The predicted octanol–water partition coefficient (Wildman–Crippen LogP) is 5.05. The molecule has 0 saturated carbocycles. The lowest BCUT2D eigenvalue weighted by molar-refractivity contribution is -0.154. The van der Waals surface area contributed by atoms with E-state index in [1.807, 2.05) is 38.1 Å². The van der Waals surface area contributed by atoms with Crippen LogP contribution in [0.5, 0.6) is 11.8 Å². The average Bonchev–Trinajstić information content (AvgIpc) is 2.94. The van der Waals surface area contributed by atoms with Crippen molar-refractivity contribution >= 4 is 39.3 Å². The highest BCUT2D eigenvalue weighted by molar-refractivity contribution is 9.09. The minimum Gasteiger partial charge on any atom is -0.494 e. The zero-order chi connectivity index (χ0) is 29.9. The van der Waals surface area contributed by atoms with Gasteiger partial charge in [-0.1, -0.05) is 41.9 Å². The number of anilines is 3. The van der Waals surface area contributed by atoms with Crippen LogP contribution >= 0.6 is 15.9 Å². The predicted molar refractivity (Wildman–Crippen MR) is 154 cm³/mol. The van der Waals surface area contributed by atoms with E-state index in [0.717, 1.165) is 23.1 Å². The molecule has 14 heteroatoms. The summed E-state index contributed by atoms with van der Waals surface area (Å²) in [6.07, 6.45) is -2.30. The van der Waals surface area contributed by atoms with Gasteiger partial charge >= 0.3 is 12.2 Å². The first-order valence-electron chi connectivity index (χ1n) is 12.8. The average molecular weight is 641 g/mol. The summed E-state index contributed by atoms with van der Waals surface area (Å²) in [6.45, 7) is 4.07. The van der Waals surface area contributed by atoms with Crippen LogP contribution in [0.2, 0.25) is 0 Å². The van der Waals surface area contributed by atoms with Gasteiger partial charge < -0.3 is 31.2 Å². The van der Waals surface area contributed by atoms with Gasteiger partial charge in [0.1, 0.15) is 23.2 Å². The minimum atomic E-state index is -4.56. The number of carbonyl (C=O) groups is 1. The fraction of sp³-hybridized carbons (Fsp3) is 0.407. The molecule has 10 nitrogen and oxygen atoms in total. The zero-order valence-electron chi connectivity index (χ0n) is 22.7. The first kappa shape index (κ1) is 31.9. The van der Waals surface area contributed by atoms with Crippen molar-refractivity contribution in [2.45, 2.75) is 33.0 Å². The van der Waals surface area contributed by atoms with Crippen molar-refractivity contribution in [1.82, 2.24) is 20.3 Å². The Morgan fingerprint density at radius 3 is 2.39 bits per heavy atom. The van der Waals surface area contributed by atoms with E-state index in [1.54, 1.807) is 12.1 Å². The van der Waals surface area contributed by atoms with Crippen molar-refractivity contribution < 1.29 is 27.4 Å². The number of alkyl halides is 4. The highest BCUT2D eigenvalue weighted by Crippen LogP contribution is 2.23. The molecule has 0 spiro atoms. The maximum absolute atomic E-state index is 12.8. The van der Waals surface area contributed by atoms with Crippen molar-refractivity contribution in [2.24, 2.45) is 11.1 Å². The third kappa shape index (κ3) is 11.4. The third-order valence-electron chi connectivity index (χ3n) is 5.58. The minimum absolute atomic E-state index is 0.143. The quantitative estimate of drug-likeness (QED) is 0.133. The fourth-order valence-corrected chi connectivity index (χ4v) is 3.39. The first-order chi connectivity index (χ1) is 19.5. The van der Waals surface area contributed by atoms with Crippen molar-refractivity contribution in [1.29, 1.82) is 0 Å². The molecule has 0 aliphatic heterocycles. The summed E-state index contributed by atoms with van der Waals surface area (Å²) >= 11 is 3.36. The number of carbonyl (C=O) groups excluding carboxylic acids is 1. The molecule has 0 saturated heterocycles. The highest BCUT2D eigenvalue weighted by Gasteiger charge is 2.29. The molecule has 0 radical (unpaired) electrons. The Hall–Kier alpha value is -3.65. The molecular weight excluding hydrogens is 607 g/mol. The first-order valence-corrected chi connectivity index (χ1v) is 13.9. The summed E-state index contributed by atoms with van der Waals surface area (Å²) in [5.41, 5.74) is 6.68. The summed E-state index contributed by atoms with van der Waals surface area (Å²) in [4.78, 5) is 24.7. The summed E-state index contributed by atoms with van der Waals surface area (Å²) in [7, 11) is 0. The topological polar surface area (TPSA) is 136 Å². The van der Waals surface area contributed by atoms with E-state index in [4.69, 9.17) is 15.2 Å². The van der Waals surface area contributed by atoms with Gasteiger partial charge in [-0.2, -0.15) is 23.1 Å². The van der Waals surface area contributed by atoms with Gasteiger partial charge in [-0.3, -0.25) is 4.79 Å². The molecule has 222 valence electrons. The Morgan fingerprint density at radius 1 is 1.02 bits per heavy atom. The number of ether oxygens (including phenoxy) is 2. The van der Waals surface area contributed by atoms with Crippen molar-refractivity contribution in [3.05, 3.63) is 59.8 Å². The van der Waals surface area contributed by atoms with Crippen LogP contribution in [0, 0.1) is 5.41 Å². The molecular formula is C27H33BrF3N7O3.